The van der Waals surface area contributed by atoms with Gasteiger partial charge in [0.15, 0.2) is 5.96 Å². The predicted octanol–water partition coefficient (Wildman–Crippen LogP) is 3.56. The molecule has 0 atom stereocenters. The van der Waals surface area contributed by atoms with E-state index in [9.17, 15) is 0 Å². The summed E-state index contributed by atoms with van der Waals surface area (Å²) in [5, 5.41) is 6.61. The summed E-state index contributed by atoms with van der Waals surface area (Å²) >= 11 is 0. The molecule has 0 radical (unpaired) electrons. The maximum absolute atomic E-state index is 5.21. The summed E-state index contributed by atoms with van der Waals surface area (Å²) in [4.78, 5) is 4.70. The van der Waals surface area contributed by atoms with Crippen LogP contribution >= 0.6 is 24.0 Å². The van der Waals surface area contributed by atoms with Gasteiger partial charge in [-0.25, -0.2) is 0 Å². The number of nitrogens with one attached hydrogen (secondary N) is 2. The summed E-state index contributed by atoms with van der Waals surface area (Å²) in [5.74, 6) is 1.77. The van der Waals surface area contributed by atoms with E-state index in [4.69, 9.17) is 9.73 Å². The Morgan fingerprint density at radius 3 is 2.27 bits per heavy atom. The van der Waals surface area contributed by atoms with Gasteiger partial charge in [-0.15, -0.1) is 24.0 Å². The van der Waals surface area contributed by atoms with Crippen LogP contribution in [0.3, 0.4) is 0 Å². The second-order valence-corrected chi connectivity index (χ2v) is 5.73. The second kappa shape index (κ2) is 10.7. The summed E-state index contributed by atoms with van der Waals surface area (Å²) in [6, 6.07) is 8.23. The van der Waals surface area contributed by atoms with Crippen molar-refractivity contribution in [3.63, 3.8) is 0 Å². The zero-order valence-electron chi connectivity index (χ0n) is 14.4. The molecule has 0 bridgehead atoms. The third-order valence-corrected chi connectivity index (χ3v) is 3.39. The van der Waals surface area contributed by atoms with Crippen LogP contribution in [0, 0.1) is 0 Å². The van der Waals surface area contributed by atoms with Gasteiger partial charge in [0.1, 0.15) is 5.75 Å². The fraction of sp³-hybridized carbons (Fsp3) is 0.588. The molecule has 0 aliphatic heterocycles. The monoisotopic (exact) mass is 419 g/mol. The third kappa shape index (κ3) is 6.85. The number of aliphatic imine (C=N–C) groups is 1. The molecule has 126 valence electrons. The summed E-state index contributed by atoms with van der Waals surface area (Å²) in [7, 11) is 1.69. The summed E-state index contributed by atoms with van der Waals surface area (Å²) < 4.78 is 5.21. The Morgan fingerprint density at radius 2 is 1.77 bits per heavy atom. The highest BCUT2D eigenvalue weighted by Crippen LogP contribution is 2.25. The largest absolute Gasteiger partial charge is 0.497 e. The maximum Gasteiger partial charge on any atom is 0.191 e. The number of hydrogen-bond acceptors (Lipinski definition) is 2. The predicted molar refractivity (Wildman–Crippen MR) is 106 cm³/mol. The molecule has 2 N–H and O–H groups in total. The molecule has 4 nitrogen and oxygen atoms in total. The molecule has 0 aliphatic carbocycles. The number of guanidine groups is 1. The molecule has 0 amide bonds. The first kappa shape index (κ1) is 21.0. The lowest BCUT2D eigenvalue weighted by Gasteiger charge is -2.24. The molecule has 1 aromatic carbocycles. The summed E-state index contributed by atoms with van der Waals surface area (Å²) in [6.07, 6.45) is 1.09. The van der Waals surface area contributed by atoms with Crippen molar-refractivity contribution in [3.05, 3.63) is 29.8 Å². The highest BCUT2D eigenvalue weighted by atomic mass is 127. The van der Waals surface area contributed by atoms with Crippen molar-refractivity contribution in [2.24, 2.45) is 4.99 Å². The Balaban J connectivity index is 0.00000441. The van der Waals surface area contributed by atoms with Crippen LogP contribution in [0.4, 0.5) is 0 Å². The Morgan fingerprint density at radius 1 is 1.14 bits per heavy atom. The molecular weight excluding hydrogens is 389 g/mol. The minimum Gasteiger partial charge on any atom is -0.497 e. The minimum atomic E-state index is -0.0131. The van der Waals surface area contributed by atoms with Crippen LogP contribution in [0.25, 0.3) is 0 Å². The van der Waals surface area contributed by atoms with Crippen LogP contribution in [0.1, 0.15) is 39.7 Å². The van der Waals surface area contributed by atoms with Crippen molar-refractivity contribution in [3.8, 4) is 5.75 Å². The molecule has 0 fully saturated rings. The van der Waals surface area contributed by atoms with E-state index in [-0.39, 0.29) is 29.4 Å². The molecule has 0 saturated carbocycles. The minimum absolute atomic E-state index is 0. The van der Waals surface area contributed by atoms with Crippen molar-refractivity contribution in [1.29, 1.82) is 0 Å². The summed E-state index contributed by atoms with van der Waals surface area (Å²) in [5.41, 5.74) is 1.25. The van der Waals surface area contributed by atoms with Crippen LogP contribution in [0.2, 0.25) is 0 Å². The van der Waals surface area contributed by atoms with Crippen molar-refractivity contribution < 1.29 is 4.74 Å². The normalized spacial score (nSPS) is 11.6. The molecule has 22 heavy (non-hydrogen) atoms. The van der Waals surface area contributed by atoms with Crippen molar-refractivity contribution in [1.82, 2.24) is 10.6 Å². The number of rotatable bonds is 7. The average Bonchev–Trinajstić information content (AvgIpc) is 2.50. The molecule has 1 rings (SSSR count). The number of methoxy groups -OCH3 is 1. The Labute approximate surface area is 152 Å². The van der Waals surface area contributed by atoms with Crippen molar-refractivity contribution in [2.45, 2.75) is 39.5 Å². The van der Waals surface area contributed by atoms with Gasteiger partial charge in [0.05, 0.1) is 13.7 Å². The topological polar surface area (TPSA) is 45.7 Å². The molecule has 0 heterocycles. The smallest absolute Gasteiger partial charge is 0.191 e. The lowest BCUT2D eigenvalue weighted by molar-refractivity contribution is 0.414. The standard InChI is InChI=1S/C17H29N3O.HI/c1-6-12-19-16(18-7-2)20-13-17(3,4)14-8-10-15(21-5)11-9-14;/h8-11H,6-7,12-13H2,1-5H3,(H2,18,19,20);1H. The number of nitrogens with zero attached hydrogens (tertiary/aromatic N) is 1. The molecule has 0 spiro atoms. The van der Waals surface area contributed by atoms with Gasteiger partial charge in [0, 0.05) is 18.5 Å². The fourth-order valence-electron chi connectivity index (χ4n) is 2.00. The lowest BCUT2D eigenvalue weighted by atomic mass is 9.85. The molecule has 5 heteroatoms. The lowest BCUT2D eigenvalue weighted by Crippen LogP contribution is -2.38. The number of hydrogen-bond donors (Lipinski definition) is 2. The molecule has 1 aromatic rings. The van der Waals surface area contributed by atoms with Gasteiger partial charge in [0.25, 0.3) is 0 Å². The van der Waals surface area contributed by atoms with Gasteiger partial charge < -0.3 is 15.4 Å². The quantitative estimate of drug-likeness (QED) is 0.404. The van der Waals surface area contributed by atoms with Crippen molar-refractivity contribution in [2.75, 3.05) is 26.7 Å². The zero-order chi connectivity index (χ0) is 15.7. The van der Waals surface area contributed by atoms with Crippen LogP contribution < -0.4 is 15.4 Å². The summed E-state index contributed by atoms with van der Waals surface area (Å²) in [6.45, 7) is 11.2. The van der Waals surface area contributed by atoms with E-state index < -0.39 is 0 Å². The fourth-order valence-corrected chi connectivity index (χ4v) is 2.00. The van der Waals surface area contributed by atoms with E-state index in [1.54, 1.807) is 7.11 Å². The van der Waals surface area contributed by atoms with E-state index in [0.29, 0.717) is 0 Å². The Kier molecular flexibility index (Phi) is 10.2. The highest BCUT2D eigenvalue weighted by molar-refractivity contribution is 14.0. The Bertz CT molecular complexity index is 444. The van der Waals surface area contributed by atoms with Gasteiger partial charge >= 0.3 is 0 Å². The van der Waals surface area contributed by atoms with Gasteiger partial charge in [0.2, 0.25) is 0 Å². The van der Waals surface area contributed by atoms with E-state index in [1.807, 2.05) is 12.1 Å². The zero-order valence-corrected chi connectivity index (χ0v) is 16.7. The van der Waals surface area contributed by atoms with E-state index >= 15 is 0 Å². The third-order valence-electron chi connectivity index (χ3n) is 3.39. The number of benzene rings is 1. The highest BCUT2D eigenvalue weighted by Gasteiger charge is 2.20. The maximum atomic E-state index is 5.21. The molecule has 0 unspecified atom stereocenters. The van der Waals surface area contributed by atoms with Gasteiger partial charge in [-0.3, -0.25) is 4.99 Å². The van der Waals surface area contributed by atoms with Crippen LogP contribution in [-0.4, -0.2) is 32.7 Å². The van der Waals surface area contributed by atoms with Crippen LogP contribution in [0.15, 0.2) is 29.3 Å². The number of ether oxygens (including phenoxy) is 1. The van der Waals surface area contributed by atoms with E-state index in [1.165, 1.54) is 5.56 Å². The molecule has 0 aliphatic rings. The van der Waals surface area contributed by atoms with E-state index in [2.05, 4.69) is 50.5 Å². The SMILES string of the molecule is CCCNC(=NCC(C)(C)c1ccc(OC)cc1)NCC.I. The molecule has 0 saturated heterocycles. The van der Waals surface area contributed by atoms with Gasteiger partial charge in [-0.1, -0.05) is 32.9 Å². The number of halogens is 1. The average molecular weight is 419 g/mol. The van der Waals surface area contributed by atoms with Gasteiger partial charge in [-0.2, -0.15) is 0 Å². The van der Waals surface area contributed by atoms with Gasteiger partial charge in [-0.05, 0) is 31.0 Å². The molecule has 0 aromatic heterocycles. The van der Waals surface area contributed by atoms with Crippen LogP contribution in [-0.2, 0) is 5.41 Å². The first-order valence-corrected chi connectivity index (χ1v) is 7.70. The first-order valence-electron chi connectivity index (χ1n) is 7.70. The van der Waals surface area contributed by atoms with Crippen molar-refractivity contribution >= 4 is 29.9 Å². The first-order chi connectivity index (χ1) is 10.0. The Hall–Kier alpha value is -0.980. The molecular formula is C17H30IN3O. The van der Waals surface area contributed by atoms with Crippen LogP contribution in [0.5, 0.6) is 5.75 Å². The van der Waals surface area contributed by atoms with E-state index in [0.717, 1.165) is 37.8 Å². The second-order valence-electron chi connectivity index (χ2n) is 5.73.